The summed E-state index contributed by atoms with van der Waals surface area (Å²) in [6.07, 6.45) is 5.78. The number of fused-ring (bicyclic) bond motifs is 1. The Bertz CT molecular complexity index is 670. The summed E-state index contributed by atoms with van der Waals surface area (Å²) in [5.74, 6) is 0.461. The van der Waals surface area contributed by atoms with Gasteiger partial charge in [0.25, 0.3) is 5.91 Å². The number of carbonyl (C=O) groups excluding carboxylic acids is 1. The summed E-state index contributed by atoms with van der Waals surface area (Å²) in [5.41, 5.74) is 2.66. The topological polar surface area (TPSA) is 51.2 Å². The number of anilines is 1. The molecule has 1 heterocycles. The molecular formula is C17H20N2O2S. The lowest BCUT2D eigenvalue weighted by Gasteiger charge is -2.10. The summed E-state index contributed by atoms with van der Waals surface area (Å²) in [4.78, 5) is 18.4. The molecular weight excluding hydrogens is 296 g/mol. The number of aromatic nitrogens is 1. The van der Waals surface area contributed by atoms with Crippen molar-refractivity contribution in [3.05, 3.63) is 39.9 Å². The second-order valence-electron chi connectivity index (χ2n) is 5.56. The number of carbonyl (C=O) groups is 1. The molecule has 0 unspecified atom stereocenters. The molecule has 0 bridgehead atoms. The molecule has 0 atom stereocenters. The molecule has 0 spiro atoms. The molecule has 1 aliphatic carbocycles. The second kappa shape index (κ2) is 6.48. The van der Waals surface area contributed by atoms with E-state index in [2.05, 4.69) is 10.3 Å². The molecule has 0 radical (unpaired) electrons. The van der Waals surface area contributed by atoms with Crippen LogP contribution in [0.2, 0.25) is 0 Å². The molecule has 1 N–H and O–H groups in total. The van der Waals surface area contributed by atoms with E-state index < -0.39 is 0 Å². The van der Waals surface area contributed by atoms with Crippen molar-refractivity contribution in [2.75, 3.05) is 12.4 Å². The van der Waals surface area contributed by atoms with Crippen LogP contribution in [0.25, 0.3) is 0 Å². The van der Waals surface area contributed by atoms with E-state index in [0.717, 1.165) is 24.1 Å². The minimum absolute atomic E-state index is 0.163. The van der Waals surface area contributed by atoms with E-state index >= 15 is 0 Å². The number of nitrogens with one attached hydrogen (secondary N) is 1. The molecule has 4 nitrogen and oxygen atoms in total. The lowest BCUT2D eigenvalue weighted by Crippen LogP contribution is -2.13. The minimum atomic E-state index is -0.163. The zero-order valence-electron chi connectivity index (χ0n) is 12.9. The maximum atomic E-state index is 12.5. The Morgan fingerprint density at radius 3 is 2.91 bits per heavy atom. The highest BCUT2D eigenvalue weighted by atomic mass is 32.1. The summed E-state index contributed by atoms with van der Waals surface area (Å²) in [5, 5.41) is 3.62. The second-order valence-corrected chi connectivity index (χ2v) is 6.64. The van der Waals surface area contributed by atoms with Crippen LogP contribution in [-0.4, -0.2) is 18.0 Å². The predicted octanol–water partition coefficient (Wildman–Crippen LogP) is 3.98. The van der Waals surface area contributed by atoms with Crippen LogP contribution in [0.1, 0.15) is 45.8 Å². The summed E-state index contributed by atoms with van der Waals surface area (Å²) in [6.45, 7) is 1.93. The molecule has 3 rings (SSSR count). The molecule has 116 valence electrons. The van der Waals surface area contributed by atoms with Crippen LogP contribution in [0.5, 0.6) is 5.75 Å². The van der Waals surface area contributed by atoms with Crippen molar-refractivity contribution >= 4 is 22.4 Å². The number of aryl methyl sites for hydroxylation is 3. The van der Waals surface area contributed by atoms with Gasteiger partial charge in [0, 0.05) is 4.88 Å². The van der Waals surface area contributed by atoms with Crippen molar-refractivity contribution in [2.45, 2.75) is 39.0 Å². The van der Waals surface area contributed by atoms with Crippen LogP contribution in [-0.2, 0) is 12.8 Å². The highest BCUT2D eigenvalue weighted by molar-refractivity contribution is 7.15. The maximum absolute atomic E-state index is 12.5. The Balaban J connectivity index is 1.82. The normalized spacial score (nSPS) is 14.1. The lowest BCUT2D eigenvalue weighted by molar-refractivity contribution is 0.102. The first-order chi connectivity index (χ1) is 10.7. The van der Waals surface area contributed by atoms with Crippen molar-refractivity contribution in [2.24, 2.45) is 0 Å². The Morgan fingerprint density at radius 2 is 2.09 bits per heavy atom. The molecule has 1 aliphatic rings. The first-order valence-electron chi connectivity index (χ1n) is 7.62. The number of ether oxygens (including phenoxy) is 1. The largest absolute Gasteiger partial charge is 0.496 e. The zero-order chi connectivity index (χ0) is 15.5. The quantitative estimate of drug-likeness (QED) is 0.871. The number of thiazole rings is 1. The average Bonchev–Trinajstić information content (AvgIpc) is 2.75. The molecule has 1 aromatic carbocycles. The first kappa shape index (κ1) is 15.0. The van der Waals surface area contributed by atoms with Crippen LogP contribution < -0.4 is 10.1 Å². The standard InChI is InChI=1S/C17H20N2O2S/c1-11-7-6-8-12(15(11)21-2)16(20)19-17-18-13-9-4-3-5-10-14(13)22-17/h6-8H,3-5,9-10H2,1-2H3,(H,18,19,20). The summed E-state index contributed by atoms with van der Waals surface area (Å²) in [7, 11) is 1.59. The van der Waals surface area contributed by atoms with Crippen molar-refractivity contribution in [3.8, 4) is 5.75 Å². The van der Waals surface area contributed by atoms with Crippen molar-refractivity contribution in [1.29, 1.82) is 0 Å². The van der Waals surface area contributed by atoms with Gasteiger partial charge < -0.3 is 4.74 Å². The van der Waals surface area contributed by atoms with E-state index in [4.69, 9.17) is 4.74 Å². The van der Waals surface area contributed by atoms with Crippen molar-refractivity contribution < 1.29 is 9.53 Å². The van der Waals surface area contributed by atoms with Gasteiger partial charge in [-0.15, -0.1) is 11.3 Å². The number of hydrogen-bond acceptors (Lipinski definition) is 4. The molecule has 0 saturated heterocycles. The number of amides is 1. The smallest absolute Gasteiger partial charge is 0.261 e. The van der Waals surface area contributed by atoms with Crippen LogP contribution in [0.3, 0.4) is 0 Å². The Labute approximate surface area is 134 Å². The molecule has 0 saturated carbocycles. The molecule has 2 aromatic rings. The van der Waals surface area contributed by atoms with E-state index in [1.54, 1.807) is 24.5 Å². The van der Waals surface area contributed by atoms with E-state index in [0.29, 0.717) is 16.4 Å². The SMILES string of the molecule is COc1c(C)cccc1C(=O)Nc1nc2c(s1)CCCCC2. The van der Waals surface area contributed by atoms with Gasteiger partial charge in [-0.05, 0) is 44.2 Å². The molecule has 0 fully saturated rings. The van der Waals surface area contributed by atoms with Crippen molar-refractivity contribution in [3.63, 3.8) is 0 Å². The van der Waals surface area contributed by atoms with Gasteiger partial charge in [0.05, 0.1) is 18.4 Å². The van der Waals surface area contributed by atoms with Gasteiger partial charge in [0.1, 0.15) is 5.75 Å². The van der Waals surface area contributed by atoms with E-state index in [1.165, 1.54) is 24.1 Å². The maximum Gasteiger partial charge on any atom is 0.261 e. The molecule has 5 heteroatoms. The van der Waals surface area contributed by atoms with Gasteiger partial charge >= 0.3 is 0 Å². The van der Waals surface area contributed by atoms with Crippen LogP contribution in [0.4, 0.5) is 5.13 Å². The fourth-order valence-electron chi connectivity index (χ4n) is 2.85. The molecule has 22 heavy (non-hydrogen) atoms. The Morgan fingerprint density at radius 1 is 1.27 bits per heavy atom. The van der Waals surface area contributed by atoms with Gasteiger partial charge in [0.15, 0.2) is 5.13 Å². The highest BCUT2D eigenvalue weighted by Gasteiger charge is 2.18. The first-order valence-corrected chi connectivity index (χ1v) is 8.44. The summed E-state index contributed by atoms with van der Waals surface area (Å²) in [6, 6.07) is 5.57. The number of para-hydroxylation sites is 1. The van der Waals surface area contributed by atoms with Gasteiger partial charge in [-0.25, -0.2) is 4.98 Å². The van der Waals surface area contributed by atoms with Gasteiger partial charge in [-0.2, -0.15) is 0 Å². The van der Waals surface area contributed by atoms with Crippen molar-refractivity contribution in [1.82, 2.24) is 4.98 Å². The van der Waals surface area contributed by atoms with Gasteiger partial charge in [0.2, 0.25) is 0 Å². The molecule has 0 aliphatic heterocycles. The lowest BCUT2D eigenvalue weighted by atomic mass is 10.1. The third-order valence-corrected chi connectivity index (χ3v) is 5.05. The molecule has 1 aromatic heterocycles. The Kier molecular flexibility index (Phi) is 4.43. The van der Waals surface area contributed by atoms with E-state index in [-0.39, 0.29) is 5.91 Å². The van der Waals surface area contributed by atoms with Crippen LogP contribution in [0.15, 0.2) is 18.2 Å². The third kappa shape index (κ3) is 2.99. The van der Waals surface area contributed by atoms with Gasteiger partial charge in [-0.3, -0.25) is 10.1 Å². The monoisotopic (exact) mass is 316 g/mol. The van der Waals surface area contributed by atoms with E-state index in [9.17, 15) is 4.79 Å². The van der Waals surface area contributed by atoms with Crippen LogP contribution >= 0.6 is 11.3 Å². The average molecular weight is 316 g/mol. The fraction of sp³-hybridized carbons (Fsp3) is 0.412. The number of methoxy groups -OCH3 is 1. The highest BCUT2D eigenvalue weighted by Crippen LogP contribution is 2.30. The third-order valence-electron chi connectivity index (χ3n) is 3.98. The summed E-state index contributed by atoms with van der Waals surface area (Å²) < 4.78 is 5.35. The minimum Gasteiger partial charge on any atom is -0.496 e. The number of hydrogen-bond donors (Lipinski definition) is 1. The number of nitrogens with zero attached hydrogens (tertiary/aromatic N) is 1. The zero-order valence-corrected chi connectivity index (χ0v) is 13.8. The number of rotatable bonds is 3. The van der Waals surface area contributed by atoms with Crippen LogP contribution in [0, 0.1) is 6.92 Å². The summed E-state index contributed by atoms with van der Waals surface area (Å²) >= 11 is 1.61. The number of benzene rings is 1. The van der Waals surface area contributed by atoms with E-state index in [1.807, 2.05) is 19.1 Å². The molecule has 1 amide bonds. The van der Waals surface area contributed by atoms with Gasteiger partial charge in [-0.1, -0.05) is 18.6 Å². The fourth-order valence-corrected chi connectivity index (χ4v) is 3.89. The predicted molar refractivity (Wildman–Crippen MR) is 89.1 cm³/mol. The Hall–Kier alpha value is -1.88.